The van der Waals surface area contributed by atoms with Crippen molar-refractivity contribution in [2.45, 2.75) is 18.7 Å². The number of anilines is 1. The number of nitrogens with two attached hydrogens (primary N) is 1. The van der Waals surface area contributed by atoms with Crippen LogP contribution < -0.4 is 10.5 Å². The fourth-order valence-corrected chi connectivity index (χ4v) is 3.07. The first kappa shape index (κ1) is 14.2. The van der Waals surface area contributed by atoms with Gasteiger partial charge in [0.05, 0.1) is 4.90 Å². The molecule has 0 spiro atoms. The van der Waals surface area contributed by atoms with Gasteiger partial charge in [-0.1, -0.05) is 12.2 Å². The van der Waals surface area contributed by atoms with Crippen LogP contribution in [0.15, 0.2) is 33.7 Å². The quantitative estimate of drug-likeness (QED) is 0.660. The third-order valence-electron chi connectivity index (χ3n) is 2.15. The maximum Gasteiger partial charge on any atom is 0.241 e. The summed E-state index contributed by atoms with van der Waals surface area (Å²) in [7, 11) is -3.54. The van der Waals surface area contributed by atoms with Crippen molar-refractivity contribution in [3.05, 3.63) is 34.3 Å². The van der Waals surface area contributed by atoms with Crippen molar-refractivity contribution in [3.8, 4) is 0 Å². The number of aryl methyl sites for hydroxylation is 1. The van der Waals surface area contributed by atoms with Gasteiger partial charge in [0.2, 0.25) is 10.0 Å². The molecule has 0 saturated heterocycles. The van der Waals surface area contributed by atoms with Gasteiger partial charge in [0.1, 0.15) is 0 Å². The van der Waals surface area contributed by atoms with E-state index in [-0.39, 0.29) is 11.4 Å². The van der Waals surface area contributed by atoms with E-state index in [0.29, 0.717) is 15.7 Å². The summed E-state index contributed by atoms with van der Waals surface area (Å²) in [4.78, 5) is 0.194. The maximum absolute atomic E-state index is 12.0. The zero-order valence-corrected chi connectivity index (χ0v) is 12.2. The van der Waals surface area contributed by atoms with Gasteiger partial charge in [-0.25, -0.2) is 13.1 Å². The van der Waals surface area contributed by atoms with E-state index in [2.05, 4.69) is 27.2 Å². The monoisotopic (exact) mass is 318 g/mol. The molecule has 0 aliphatic carbocycles. The Hall–Kier alpha value is -0.850. The highest BCUT2D eigenvalue weighted by Gasteiger charge is 2.17. The molecule has 0 unspecified atom stereocenters. The second-order valence-electron chi connectivity index (χ2n) is 3.92. The molecule has 0 aliphatic rings. The summed E-state index contributed by atoms with van der Waals surface area (Å²) >= 11 is 3.25. The molecular formula is C11H15BrN2O2S. The topological polar surface area (TPSA) is 72.2 Å². The van der Waals surface area contributed by atoms with Gasteiger partial charge in [0.25, 0.3) is 0 Å². The van der Waals surface area contributed by atoms with Crippen molar-refractivity contribution < 1.29 is 8.42 Å². The minimum atomic E-state index is -3.54. The van der Waals surface area contributed by atoms with Gasteiger partial charge in [-0.2, -0.15) is 0 Å². The fraction of sp³-hybridized carbons (Fsp3) is 0.273. The van der Waals surface area contributed by atoms with Gasteiger partial charge in [-0.3, -0.25) is 0 Å². The van der Waals surface area contributed by atoms with Gasteiger partial charge in [0.15, 0.2) is 0 Å². The van der Waals surface area contributed by atoms with Crippen LogP contribution in [-0.4, -0.2) is 15.0 Å². The molecule has 1 aromatic rings. The zero-order chi connectivity index (χ0) is 13.2. The Morgan fingerprint density at radius 1 is 1.53 bits per heavy atom. The first-order valence-electron chi connectivity index (χ1n) is 4.93. The molecule has 6 heteroatoms. The van der Waals surface area contributed by atoms with Crippen LogP contribution in [0.5, 0.6) is 0 Å². The summed E-state index contributed by atoms with van der Waals surface area (Å²) < 4.78 is 27.1. The number of halogens is 1. The number of sulfonamides is 1. The Morgan fingerprint density at radius 3 is 2.65 bits per heavy atom. The standard InChI is InChI=1S/C11H15BrN2O2S/c1-7(2)6-14-17(15,16)11-5-10(13)9(12)4-8(11)3/h4-5,14H,1,6,13H2,2-3H3. The highest BCUT2D eigenvalue weighted by atomic mass is 79.9. The number of nitrogens with one attached hydrogen (secondary N) is 1. The second kappa shape index (κ2) is 5.20. The smallest absolute Gasteiger partial charge is 0.241 e. The lowest BCUT2D eigenvalue weighted by molar-refractivity contribution is 0.584. The first-order chi connectivity index (χ1) is 7.74. The fourth-order valence-electron chi connectivity index (χ4n) is 1.25. The summed E-state index contributed by atoms with van der Waals surface area (Å²) in [5.41, 5.74) is 7.47. The predicted molar refractivity (Wildman–Crippen MR) is 73.3 cm³/mol. The number of hydrogen-bond acceptors (Lipinski definition) is 3. The molecule has 1 rings (SSSR count). The number of rotatable bonds is 4. The summed E-state index contributed by atoms with van der Waals surface area (Å²) in [6, 6.07) is 3.13. The minimum Gasteiger partial charge on any atom is -0.398 e. The van der Waals surface area contributed by atoms with Gasteiger partial charge in [-0.15, -0.1) is 0 Å². The van der Waals surface area contributed by atoms with Crippen molar-refractivity contribution in [2.75, 3.05) is 12.3 Å². The Bertz CT molecular complexity index is 553. The molecule has 0 fully saturated rings. The van der Waals surface area contributed by atoms with Gasteiger partial charge in [-0.05, 0) is 47.5 Å². The van der Waals surface area contributed by atoms with Crippen molar-refractivity contribution in [2.24, 2.45) is 0 Å². The van der Waals surface area contributed by atoms with Gasteiger partial charge < -0.3 is 5.73 Å². The molecule has 0 aliphatic heterocycles. The van der Waals surface area contributed by atoms with E-state index < -0.39 is 10.0 Å². The summed E-state index contributed by atoms with van der Waals surface area (Å²) in [6.07, 6.45) is 0. The van der Waals surface area contributed by atoms with E-state index in [1.807, 2.05) is 0 Å². The average molecular weight is 319 g/mol. The molecule has 0 bridgehead atoms. The van der Waals surface area contributed by atoms with Crippen LogP contribution in [0.25, 0.3) is 0 Å². The second-order valence-corrected chi connectivity index (χ2v) is 6.51. The Kier molecular flexibility index (Phi) is 4.35. The van der Waals surface area contributed by atoms with Crippen LogP contribution in [-0.2, 0) is 10.0 Å². The van der Waals surface area contributed by atoms with Crippen LogP contribution in [0.1, 0.15) is 12.5 Å². The highest BCUT2D eigenvalue weighted by molar-refractivity contribution is 9.10. The molecule has 0 radical (unpaired) electrons. The minimum absolute atomic E-state index is 0.194. The average Bonchev–Trinajstić information content (AvgIpc) is 2.20. The van der Waals surface area contributed by atoms with Crippen LogP contribution in [0, 0.1) is 6.92 Å². The summed E-state index contributed by atoms with van der Waals surface area (Å²) in [6.45, 7) is 7.34. The molecule has 0 heterocycles. The van der Waals surface area contributed by atoms with E-state index in [1.54, 1.807) is 19.9 Å². The lowest BCUT2D eigenvalue weighted by Crippen LogP contribution is -2.26. The normalized spacial score (nSPS) is 11.5. The number of hydrogen-bond donors (Lipinski definition) is 2. The Balaban J connectivity index is 3.15. The summed E-state index contributed by atoms with van der Waals surface area (Å²) in [5, 5.41) is 0. The molecule has 94 valence electrons. The molecule has 0 atom stereocenters. The molecule has 0 amide bonds. The zero-order valence-electron chi connectivity index (χ0n) is 9.75. The maximum atomic E-state index is 12.0. The third kappa shape index (κ3) is 3.55. The van der Waals surface area contributed by atoms with Crippen LogP contribution in [0.3, 0.4) is 0 Å². The van der Waals surface area contributed by atoms with Crippen molar-refractivity contribution >= 4 is 31.6 Å². The molecule has 0 aromatic heterocycles. The van der Waals surface area contributed by atoms with E-state index >= 15 is 0 Å². The van der Waals surface area contributed by atoms with Crippen LogP contribution in [0.4, 0.5) is 5.69 Å². The van der Waals surface area contributed by atoms with E-state index in [1.165, 1.54) is 6.07 Å². The van der Waals surface area contributed by atoms with Gasteiger partial charge in [0, 0.05) is 16.7 Å². The summed E-state index contributed by atoms with van der Waals surface area (Å²) in [5.74, 6) is 0. The van der Waals surface area contributed by atoms with E-state index in [4.69, 9.17) is 5.73 Å². The van der Waals surface area contributed by atoms with Crippen molar-refractivity contribution in [1.29, 1.82) is 0 Å². The number of benzene rings is 1. The SMILES string of the molecule is C=C(C)CNS(=O)(=O)c1cc(N)c(Br)cc1C. The highest BCUT2D eigenvalue weighted by Crippen LogP contribution is 2.26. The third-order valence-corrected chi connectivity index (χ3v) is 4.38. The first-order valence-corrected chi connectivity index (χ1v) is 7.21. The number of nitrogen functional groups attached to an aromatic ring is 1. The van der Waals surface area contributed by atoms with E-state index in [0.717, 1.165) is 5.57 Å². The Labute approximate surface area is 110 Å². The van der Waals surface area contributed by atoms with Crippen LogP contribution in [0.2, 0.25) is 0 Å². The lowest BCUT2D eigenvalue weighted by atomic mass is 10.2. The molecule has 3 N–H and O–H groups in total. The van der Waals surface area contributed by atoms with Crippen molar-refractivity contribution in [1.82, 2.24) is 4.72 Å². The molecule has 17 heavy (non-hydrogen) atoms. The lowest BCUT2D eigenvalue weighted by Gasteiger charge is -2.11. The van der Waals surface area contributed by atoms with Gasteiger partial charge >= 0.3 is 0 Å². The predicted octanol–water partition coefficient (Wildman–Crippen LogP) is 2.19. The van der Waals surface area contributed by atoms with Crippen LogP contribution >= 0.6 is 15.9 Å². The molecule has 4 nitrogen and oxygen atoms in total. The van der Waals surface area contributed by atoms with Crippen molar-refractivity contribution in [3.63, 3.8) is 0 Å². The Morgan fingerprint density at radius 2 is 2.12 bits per heavy atom. The van der Waals surface area contributed by atoms with E-state index in [9.17, 15) is 8.42 Å². The largest absolute Gasteiger partial charge is 0.398 e. The molecular weight excluding hydrogens is 304 g/mol. The molecule has 0 saturated carbocycles. The molecule has 1 aromatic carbocycles.